The van der Waals surface area contributed by atoms with Crippen LogP contribution in [-0.4, -0.2) is 40.6 Å². The number of primary amides is 1. The van der Waals surface area contributed by atoms with Gasteiger partial charge in [0.15, 0.2) is 0 Å². The van der Waals surface area contributed by atoms with Crippen molar-refractivity contribution < 1.29 is 9.72 Å². The minimum absolute atomic E-state index is 0.0925. The molecule has 0 spiro atoms. The number of carbonyl (C=O) groups excluding carboxylic acids is 1. The van der Waals surface area contributed by atoms with E-state index >= 15 is 0 Å². The Balaban J connectivity index is 2.72. The Kier molecular flexibility index (Phi) is 5.94. The van der Waals surface area contributed by atoms with Gasteiger partial charge in [0.2, 0.25) is 11.8 Å². The summed E-state index contributed by atoms with van der Waals surface area (Å²) in [5.74, 6) is 0.401. The molecule has 0 aromatic carbocycles. The number of nitro groups is 1. The SMILES string of the molecule is CCCNc1ncc([N+](=O)[O-])c(NCCNC(N)=O)n1. The van der Waals surface area contributed by atoms with E-state index in [1.807, 2.05) is 6.92 Å². The Hall–Kier alpha value is -2.65. The van der Waals surface area contributed by atoms with Crippen molar-refractivity contribution in [2.75, 3.05) is 30.3 Å². The normalized spacial score (nSPS) is 9.85. The van der Waals surface area contributed by atoms with Gasteiger partial charge in [0.1, 0.15) is 6.20 Å². The molecule has 0 saturated heterocycles. The van der Waals surface area contributed by atoms with Crippen molar-refractivity contribution in [3.63, 3.8) is 0 Å². The number of carbonyl (C=O) groups is 1. The first-order valence-electron chi connectivity index (χ1n) is 6.07. The lowest BCUT2D eigenvalue weighted by Crippen LogP contribution is -2.33. The molecule has 0 aliphatic carbocycles. The quantitative estimate of drug-likeness (QED) is 0.304. The van der Waals surface area contributed by atoms with Gasteiger partial charge in [-0.3, -0.25) is 10.1 Å². The predicted octanol–water partition coefficient (Wildman–Crippen LogP) is 0.287. The number of nitrogens with two attached hydrogens (primary N) is 1. The zero-order valence-corrected chi connectivity index (χ0v) is 11.0. The lowest BCUT2D eigenvalue weighted by Gasteiger charge is -2.08. The highest BCUT2D eigenvalue weighted by Gasteiger charge is 2.16. The second-order valence-corrected chi connectivity index (χ2v) is 3.83. The second kappa shape index (κ2) is 7.71. The largest absolute Gasteiger partial charge is 0.362 e. The van der Waals surface area contributed by atoms with E-state index in [0.29, 0.717) is 12.5 Å². The van der Waals surface area contributed by atoms with Crippen LogP contribution < -0.4 is 21.7 Å². The summed E-state index contributed by atoms with van der Waals surface area (Å²) < 4.78 is 0. The number of hydrogen-bond acceptors (Lipinski definition) is 7. The number of nitrogens with zero attached hydrogens (tertiary/aromatic N) is 3. The molecule has 0 radical (unpaired) electrons. The molecule has 10 heteroatoms. The van der Waals surface area contributed by atoms with Crippen LogP contribution >= 0.6 is 0 Å². The number of nitrogens with one attached hydrogen (secondary N) is 3. The maximum atomic E-state index is 10.9. The van der Waals surface area contributed by atoms with E-state index in [1.54, 1.807) is 0 Å². The first-order chi connectivity index (χ1) is 9.54. The summed E-state index contributed by atoms with van der Waals surface area (Å²) in [5.41, 5.74) is 4.68. The van der Waals surface area contributed by atoms with Crippen LogP contribution in [0.3, 0.4) is 0 Å². The Bertz CT molecular complexity index is 480. The first-order valence-corrected chi connectivity index (χ1v) is 6.07. The molecule has 110 valence electrons. The van der Waals surface area contributed by atoms with Gasteiger partial charge in [-0.15, -0.1) is 0 Å². The smallest absolute Gasteiger partial charge is 0.329 e. The maximum absolute atomic E-state index is 10.9. The fourth-order valence-corrected chi connectivity index (χ4v) is 1.33. The van der Waals surface area contributed by atoms with Gasteiger partial charge < -0.3 is 21.7 Å². The summed E-state index contributed by atoms with van der Waals surface area (Å²) in [6, 6.07) is -0.658. The van der Waals surface area contributed by atoms with Crippen molar-refractivity contribution in [3.8, 4) is 0 Å². The predicted molar refractivity (Wildman–Crippen MR) is 73.5 cm³/mol. The zero-order chi connectivity index (χ0) is 15.0. The Morgan fingerprint density at radius 2 is 2.15 bits per heavy atom. The van der Waals surface area contributed by atoms with Gasteiger partial charge in [-0.1, -0.05) is 6.92 Å². The van der Waals surface area contributed by atoms with E-state index in [4.69, 9.17) is 5.73 Å². The fourth-order valence-electron chi connectivity index (χ4n) is 1.33. The van der Waals surface area contributed by atoms with E-state index in [-0.39, 0.29) is 24.6 Å². The average molecular weight is 283 g/mol. The third-order valence-corrected chi connectivity index (χ3v) is 2.22. The lowest BCUT2D eigenvalue weighted by atomic mass is 10.4. The molecule has 10 nitrogen and oxygen atoms in total. The molecule has 0 aliphatic rings. The monoisotopic (exact) mass is 283 g/mol. The van der Waals surface area contributed by atoms with Crippen LogP contribution in [-0.2, 0) is 0 Å². The first kappa shape index (κ1) is 15.4. The van der Waals surface area contributed by atoms with Crippen molar-refractivity contribution in [1.29, 1.82) is 0 Å². The molecule has 2 amide bonds. The number of rotatable bonds is 8. The molecule has 1 heterocycles. The number of hydrogen-bond donors (Lipinski definition) is 4. The number of anilines is 2. The van der Waals surface area contributed by atoms with E-state index in [0.717, 1.165) is 12.6 Å². The topological polar surface area (TPSA) is 148 Å². The molecule has 0 unspecified atom stereocenters. The third kappa shape index (κ3) is 4.92. The summed E-state index contributed by atoms with van der Waals surface area (Å²) in [4.78, 5) is 28.7. The summed E-state index contributed by atoms with van der Waals surface area (Å²) in [6.45, 7) is 3.13. The van der Waals surface area contributed by atoms with Gasteiger partial charge in [0, 0.05) is 19.6 Å². The summed E-state index contributed by atoms with van der Waals surface area (Å²) in [7, 11) is 0. The number of urea groups is 1. The van der Waals surface area contributed by atoms with E-state index in [1.165, 1.54) is 0 Å². The minimum atomic E-state index is -0.658. The fraction of sp³-hybridized carbons (Fsp3) is 0.500. The highest BCUT2D eigenvalue weighted by molar-refractivity contribution is 5.71. The molecular formula is C10H17N7O3. The molecule has 0 saturated carbocycles. The minimum Gasteiger partial charge on any atom is -0.362 e. The average Bonchev–Trinajstić information content (AvgIpc) is 2.41. The van der Waals surface area contributed by atoms with Crippen LogP contribution in [0.5, 0.6) is 0 Å². The van der Waals surface area contributed by atoms with Gasteiger partial charge in [-0.25, -0.2) is 9.78 Å². The van der Waals surface area contributed by atoms with Crippen molar-refractivity contribution >= 4 is 23.5 Å². The molecule has 1 aromatic heterocycles. The Morgan fingerprint density at radius 3 is 2.75 bits per heavy atom. The number of amides is 2. The van der Waals surface area contributed by atoms with Gasteiger partial charge >= 0.3 is 11.7 Å². The van der Waals surface area contributed by atoms with Gasteiger partial charge in [-0.2, -0.15) is 4.98 Å². The van der Waals surface area contributed by atoms with Crippen molar-refractivity contribution in [3.05, 3.63) is 16.3 Å². The Labute approximate surface area is 115 Å². The summed E-state index contributed by atoms with van der Waals surface area (Å²) >= 11 is 0. The standard InChI is InChI=1S/C10H17N7O3/c1-2-3-14-10-15-6-7(17(19)20)8(16-10)12-4-5-13-9(11)18/h6H,2-5H2,1H3,(H3,11,13,18)(H2,12,14,15,16). The maximum Gasteiger partial charge on any atom is 0.329 e. The van der Waals surface area contributed by atoms with Crippen LogP contribution in [0.15, 0.2) is 6.20 Å². The van der Waals surface area contributed by atoms with Crippen molar-refractivity contribution in [2.24, 2.45) is 5.73 Å². The zero-order valence-electron chi connectivity index (χ0n) is 11.0. The van der Waals surface area contributed by atoms with E-state index < -0.39 is 11.0 Å². The van der Waals surface area contributed by atoms with Crippen LogP contribution in [0.2, 0.25) is 0 Å². The van der Waals surface area contributed by atoms with Gasteiger partial charge in [-0.05, 0) is 6.42 Å². The Morgan fingerprint density at radius 1 is 1.40 bits per heavy atom. The lowest BCUT2D eigenvalue weighted by molar-refractivity contribution is -0.384. The molecule has 0 bridgehead atoms. The van der Waals surface area contributed by atoms with Crippen molar-refractivity contribution in [1.82, 2.24) is 15.3 Å². The molecular weight excluding hydrogens is 266 g/mol. The highest BCUT2D eigenvalue weighted by Crippen LogP contribution is 2.21. The van der Waals surface area contributed by atoms with Crippen LogP contribution in [0.4, 0.5) is 22.2 Å². The summed E-state index contributed by atoms with van der Waals surface area (Å²) in [6.07, 6.45) is 2.01. The molecule has 0 aliphatic heterocycles. The van der Waals surface area contributed by atoms with Crippen LogP contribution in [0.1, 0.15) is 13.3 Å². The van der Waals surface area contributed by atoms with E-state index in [9.17, 15) is 14.9 Å². The van der Waals surface area contributed by atoms with Crippen LogP contribution in [0.25, 0.3) is 0 Å². The third-order valence-electron chi connectivity index (χ3n) is 2.22. The second-order valence-electron chi connectivity index (χ2n) is 3.83. The molecule has 0 atom stereocenters. The molecule has 1 rings (SSSR count). The molecule has 0 fully saturated rings. The molecule has 1 aromatic rings. The molecule has 20 heavy (non-hydrogen) atoms. The number of aromatic nitrogens is 2. The molecule has 5 N–H and O–H groups in total. The van der Waals surface area contributed by atoms with Crippen LogP contribution in [0, 0.1) is 10.1 Å². The highest BCUT2D eigenvalue weighted by atomic mass is 16.6. The van der Waals surface area contributed by atoms with Crippen molar-refractivity contribution in [2.45, 2.75) is 13.3 Å². The van der Waals surface area contributed by atoms with Gasteiger partial charge in [0.25, 0.3) is 0 Å². The van der Waals surface area contributed by atoms with Gasteiger partial charge in [0.05, 0.1) is 4.92 Å². The summed E-state index contributed by atoms with van der Waals surface area (Å²) in [5, 5.41) is 18.9. The van der Waals surface area contributed by atoms with E-state index in [2.05, 4.69) is 25.9 Å².